The Labute approximate surface area is 134 Å². The van der Waals surface area contributed by atoms with Crippen molar-refractivity contribution in [3.63, 3.8) is 0 Å². The maximum atomic E-state index is 12.2. The summed E-state index contributed by atoms with van der Waals surface area (Å²) in [6.07, 6.45) is 1.54. The molecule has 2 aromatic rings. The molecule has 0 saturated heterocycles. The lowest BCUT2D eigenvalue weighted by Gasteiger charge is -2.13. The van der Waals surface area contributed by atoms with Crippen LogP contribution >= 0.6 is 22.9 Å². The van der Waals surface area contributed by atoms with Crippen molar-refractivity contribution in [1.82, 2.24) is 9.97 Å². The van der Waals surface area contributed by atoms with Gasteiger partial charge in [0.05, 0.1) is 32.9 Å². The Morgan fingerprint density at radius 2 is 2.00 bits per heavy atom. The number of pyridine rings is 1. The number of halogens is 1. The molecule has 0 aliphatic rings. The summed E-state index contributed by atoms with van der Waals surface area (Å²) in [6, 6.07) is 3.31. The summed E-state index contributed by atoms with van der Waals surface area (Å²) >= 11 is 7.45. The molecular weight excluding hydrogens is 328 g/mol. The molecule has 0 radical (unpaired) electrons. The van der Waals surface area contributed by atoms with Gasteiger partial charge in [0.1, 0.15) is 0 Å². The Balaban J connectivity index is 2.15. The molecule has 0 amide bonds. The van der Waals surface area contributed by atoms with Crippen LogP contribution in [0.4, 0.5) is 0 Å². The van der Waals surface area contributed by atoms with Crippen LogP contribution in [0.1, 0.15) is 37.2 Å². The highest BCUT2D eigenvalue weighted by Crippen LogP contribution is 2.26. The van der Waals surface area contributed by atoms with Gasteiger partial charge in [0.2, 0.25) is 0 Å². The van der Waals surface area contributed by atoms with Gasteiger partial charge in [0.15, 0.2) is 9.84 Å². The number of nitrogens with zero attached hydrogens (tertiary/aromatic N) is 2. The first-order valence-electron chi connectivity index (χ1n) is 6.42. The van der Waals surface area contributed by atoms with Gasteiger partial charge in [-0.2, -0.15) is 0 Å². The highest BCUT2D eigenvalue weighted by molar-refractivity contribution is 7.89. The Kier molecular flexibility index (Phi) is 4.70. The zero-order valence-electron chi connectivity index (χ0n) is 12.1. The van der Waals surface area contributed by atoms with Gasteiger partial charge in [0, 0.05) is 17.0 Å². The van der Waals surface area contributed by atoms with Gasteiger partial charge >= 0.3 is 0 Å². The Morgan fingerprint density at radius 1 is 1.29 bits per heavy atom. The Bertz CT molecular complexity index is 733. The van der Waals surface area contributed by atoms with Crippen LogP contribution in [0.25, 0.3) is 0 Å². The predicted octanol–water partition coefficient (Wildman–Crippen LogP) is 3.60. The molecule has 0 spiro atoms. The third kappa shape index (κ3) is 4.49. The average molecular weight is 345 g/mol. The number of hydrogen-bond acceptors (Lipinski definition) is 5. The minimum Gasteiger partial charge on any atom is -0.259 e. The zero-order chi connectivity index (χ0) is 15.7. The van der Waals surface area contributed by atoms with E-state index in [9.17, 15) is 8.42 Å². The van der Waals surface area contributed by atoms with E-state index in [-0.39, 0.29) is 16.9 Å². The van der Waals surface area contributed by atoms with Crippen LogP contribution in [-0.2, 0) is 26.8 Å². The van der Waals surface area contributed by atoms with Crippen LogP contribution in [0.3, 0.4) is 0 Å². The van der Waals surface area contributed by atoms with E-state index in [0.29, 0.717) is 16.4 Å². The van der Waals surface area contributed by atoms with Crippen LogP contribution < -0.4 is 0 Å². The summed E-state index contributed by atoms with van der Waals surface area (Å²) < 4.78 is 24.5. The van der Waals surface area contributed by atoms with Crippen molar-refractivity contribution in [2.75, 3.05) is 0 Å². The lowest BCUT2D eigenvalue weighted by atomic mass is 9.98. The maximum absolute atomic E-state index is 12.2. The van der Waals surface area contributed by atoms with E-state index in [1.165, 1.54) is 17.5 Å². The highest BCUT2D eigenvalue weighted by atomic mass is 35.5. The summed E-state index contributed by atoms with van der Waals surface area (Å²) in [7, 11) is -3.35. The largest absolute Gasteiger partial charge is 0.259 e. The number of aromatic nitrogens is 2. The number of hydrogen-bond donors (Lipinski definition) is 0. The van der Waals surface area contributed by atoms with Crippen molar-refractivity contribution in [2.45, 2.75) is 37.7 Å². The Hall–Kier alpha value is -0.980. The maximum Gasteiger partial charge on any atom is 0.161 e. The predicted molar refractivity (Wildman–Crippen MR) is 86.4 cm³/mol. The minimum atomic E-state index is -3.35. The molecule has 21 heavy (non-hydrogen) atoms. The van der Waals surface area contributed by atoms with Crippen molar-refractivity contribution in [3.05, 3.63) is 45.1 Å². The third-order valence-corrected chi connectivity index (χ3v) is 5.86. The molecule has 114 valence electrons. The molecule has 0 unspecified atom stereocenters. The fourth-order valence-electron chi connectivity index (χ4n) is 1.73. The molecule has 2 aromatic heterocycles. The van der Waals surface area contributed by atoms with Gasteiger partial charge in [-0.1, -0.05) is 32.4 Å². The summed E-state index contributed by atoms with van der Waals surface area (Å²) in [5.41, 5.74) is 0.888. The molecule has 0 saturated carbocycles. The fraction of sp³-hybridized carbons (Fsp3) is 0.429. The lowest BCUT2D eigenvalue weighted by Crippen LogP contribution is -2.12. The highest BCUT2D eigenvalue weighted by Gasteiger charge is 2.21. The standard InChI is InChI=1S/C14H17ClN2O2S2/c1-14(2,3)13-17-10(7-20-13)8-21(18,19)9-12-11(15)5-4-6-16-12/h4-7H,8-9H2,1-3H3. The summed E-state index contributed by atoms with van der Waals surface area (Å²) in [5, 5.41) is 3.11. The van der Waals surface area contributed by atoms with Crippen LogP contribution in [0.5, 0.6) is 0 Å². The van der Waals surface area contributed by atoms with E-state index in [4.69, 9.17) is 11.6 Å². The molecule has 0 N–H and O–H groups in total. The quantitative estimate of drug-likeness (QED) is 0.850. The molecule has 4 nitrogen and oxygen atoms in total. The van der Waals surface area contributed by atoms with Gasteiger partial charge < -0.3 is 0 Å². The molecule has 0 bridgehead atoms. The summed E-state index contributed by atoms with van der Waals surface area (Å²) in [5.74, 6) is -0.262. The molecular formula is C14H17ClN2O2S2. The van der Waals surface area contributed by atoms with E-state index in [1.807, 2.05) is 0 Å². The number of rotatable bonds is 4. The second-order valence-electron chi connectivity index (χ2n) is 5.86. The molecule has 2 heterocycles. The topological polar surface area (TPSA) is 59.9 Å². The zero-order valence-corrected chi connectivity index (χ0v) is 14.5. The van der Waals surface area contributed by atoms with Crippen LogP contribution in [0.15, 0.2) is 23.7 Å². The molecule has 0 aliphatic carbocycles. The molecule has 7 heteroatoms. The van der Waals surface area contributed by atoms with Crippen molar-refractivity contribution < 1.29 is 8.42 Å². The van der Waals surface area contributed by atoms with Gasteiger partial charge in [-0.05, 0) is 12.1 Å². The van der Waals surface area contributed by atoms with Crippen LogP contribution in [0, 0.1) is 0 Å². The first-order chi connectivity index (χ1) is 9.67. The van der Waals surface area contributed by atoms with Crippen molar-refractivity contribution in [1.29, 1.82) is 0 Å². The number of sulfone groups is 1. The van der Waals surface area contributed by atoms with Gasteiger partial charge in [-0.25, -0.2) is 13.4 Å². The monoisotopic (exact) mass is 344 g/mol. The van der Waals surface area contributed by atoms with E-state index < -0.39 is 9.84 Å². The average Bonchev–Trinajstić information content (AvgIpc) is 2.79. The SMILES string of the molecule is CC(C)(C)c1nc(CS(=O)(=O)Cc2ncccc2Cl)cs1. The second-order valence-corrected chi connectivity index (χ2v) is 9.19. The summed E-state index contributed by atoms with van der Waals surface area (Å²) in [6.45, 7) is 6.16. The lowest BCUT2D eigenvalue weighted by molar-refractivity contribution is 0.580. The first kappa shape index (κ1) is 16.4. The molecule has 0 aromatic carbocycles. The van der Waals surface area contributed by atoms with Gasteiger partial charge in [0.25, 0.3) is 0 Å². The smallest absolute Gasteiger partial charge is 0.161 e. The first-order valence-corrected chi connectivity index (χ1v) is 9.50. The third-order valence-electron chi connectivity index (χ3n) is 2.75. The van der Waals surface area contributed by atoms with E-state index in [1.54, 1.807) is 17.5 Å². The van der Waals surface area contributed by atoms with Gasteiger partial charge in [-0.3, -0.25) is 4.98 Å². The van der Waals surface area contributed by atoms with Crippen LogP contribution in [0.2, 0.25) is 5.02 Å². The number of thiazole rings is 1. The van der Waals surface area contributed by atoms with E-state index >= 15 is 0 Å². The molecule has 0 atom stereocenters. The van der Waals surface area contributed by atoms with Gasteiger partial charge in [-0.15, -0.1) is 11.3 Å². The normalized spacial score (nSPS) is 12.6. The molecule has 0 fully saturated rings. The minimum absolute atomic E-state index is 0.0724. The fourth-order valence-corrected chi connectivity index (χ4v) is 4.35. The van der Waals surface area contributed by atoms with E-state index in [0.717, 1.165) is 5.01 Å². The Morgan fingerprint density at radius 3 is 2.57 bits per heavy atom. The molecule has 2 rings (SSSR count). The van der Waals surface area contributed by atoms with Crippen molar-refractivity contribution >= 4 is 32.8 Å². The molecule has 0 aliphatic heterocycles. The summed E-state index contributed by atoms with van der Waals surface area (Å²) in [4.78, 5) is 8.44. The van der Waals surface area contributed by atoms with E-state index in [2.05, 4.69) is 30.7 Å². The van der Waals surface area contributed by atoms with Crippen molar-refractivity contribution in [3.8, 4) is 0 Å². The second kappa shape index (κ2) is 6.02. The van der Waals surface area contributed by atoms with Crippen LogP contribution in [-0.4, -0.2) is 18.4 Å². The van der Waals surface area contributed by atoms with Crippen molar-refractivity contribution in [2.24, 2.45) is 0 Å².